The maximum absolute atomic E-state index is 12.5. The van der Waals surface area contributed by atoms with Crippen LogP contribution in [-0.4, -0.2) is 25.0 Å². The van der Waals surface area contributed by atoms with Gasteiger partial charge in [-0.2, -0.15) is 5.26 Å². The monoisotopic (exact) mass is 455 g/mol. The first-order valence-electron chi connectivity index (χ1n) is 10.7. The number of rotatable bonds is 9. The Balaban J connectivity index is 1.60. The second-order valence-electron chi connectivity index (χ2n) is 7.36. The SMILES string of the molecule is CCOc1ccc(NC(=O)/C(C#N)=C\c2cccc(OCC(=O)Nc3ccc(C)cc3)c2)cc1. The quantitative estimate of drug-likeness (QED) is 0.351. The molecule has 0 saturated carbocycles. The largest absolute Gasteiger partial charge is 0.494 e. The van der Waals surface area contributed by atoms with Crippen LogP contribution in [0.3, 0.4) is 0 Å². The predicted molar refractivity (Wildman–Crippen MR) is 132 cm³/mol. The van der Waals surface area contributed by atoms with Gasteiger partial charge in [-0.15, -0.1) is 0 Å². The van der Waals surface area contributed by atoms with Crippen molar-refractivity contribution in [2.24, 2.45) is 0 Å². The van der Waals surface area contributed by atoms with Crippen molar-refractivity contribution in [3.63, 3.8) is 0 Å². The standard InChI is InChI=1S/C27H25N3O4/c1-3-33-24-13-11-23(12-14-24)30-27(32)21(17-28)15-20-5-4-6-25(16-20)34-18-26(31)29-22-9-7-19(2)8-10-22/h4-16H,3,18H2,1-2H3,(H,29,31)(H,30,32)/b21-15-. The van der Waals surface area contributed by atoms with Crippen molar-refractivity contribution < 1.29 is 19.1 Å². The maximum Gasteiger partial charge on any atom is 0.266 e. The van der Waals surface area contributed by atoms with Crippen LogP contribution in [0, 0.1) is 18.3 Å². The van der Waals surface area contributed by atoms with Crippen molar-refractivity contribution >= 4 is 29.3 Å². The summed E-state index contributed by atoms with van der Waals surface area (Å²) in [5.41, 5.74) is 2.86. The van der Waals surface area contributed by atoms with Crippen LogP contribution < -0.4 is 20.1 Å². The number of carbonyl (C=O) groups is 2. The Morgan fingerprint density at radius 3 is 2.26 bits per heavy atom. The summed E-state index contributed by atoms with van der Waals surface area (Å²) in [6.45, 7) is 4.23. The molecule has 0 unspecified atom stereocenters. The molecule has 2 N–H and O–H groups in total. The third-order valence-electron chi connectivity index (χ3n) is 4.66. The van der Waals surface area contributed by atoms with Gasteiger partial charge in [-0.05, 0) is 74.0 Å². The maximum atomic E-state index is 12.5. The van der Waals surface area contributed by atoms with E-state index in [1.54, 1.807) is 48.5 Å². The average molecular weight is 456 g/mol. The normalized spacial score (nSPS) is 10.7. The summed E-state index contributed by atoms with van der Waals surface area (Å²) in [5, 5.41) is 14.9. The summed E-state index contributed by atoms with van der Waals surface area (Å²) in [6, 6.07) is 23.1. The summed E-state index contributed by atoms with van der Waals surface area (Å²) in [6.07, 6.45) is 1.46. The van der Waals surface area contributed by atoms with Gasteiger partial charge in [-0.3, -0.25) is 9.59 Å². The number of nitrogens with one attached hydrogen (secondary N) is 2. The third kappa shape index (κ3) is 7.24. The summed E-state index contributed by atoms with van der Waals surface area (Å²) in [5.74, 6) is 0.311. The highest BCUT2D eigenvalue weighted by atomic mass is 16.5. The van der Waals surface area contributed by atoms with E-state index in [0.29, 0.717) is 35.0 Å². The molecule has 3 rings (SSSR count). The molecule has 0 atom stereocenters. The third-order valence-corrected chi connectivity index (χ3v) is 4.66. The van der Waals surface area contributed by atoms with E-state index in [1.807, 2.05) is 44.2 Å². The first-order valence-corrected chi connectivity index (χ1v) is 10.7. The summed E-state index contributed by atoms with van der Waals surface area (Å²) in [4.78, 5) is 24.7. The van der Waals surface area contributed by atoms with Gasteiger partial charge < -0.3 is 20.1 Å². The lowest BCUT2D eigenvalue weighted by atomic mass is 10.1. The molecule has 34 heavy (non-hydrogen) atoms. The lowest BCUT2D eigenvalue weighted by molar-refractivity contribution is -0.118. The topological polar surface area (TPSA) is 100 Å². The van der Waals surface area contributed by atoms with Crippen LogP contribution in [-0.2, 0) is 9.59 Å². The number of nitriles is 1. The Hall–Kier alpha value is -4.57. The lowest BCUT2D eigenvalue weighted by Gasteiger charge is -2.09. The minimum atomic E-state index is -0.532. The molecule has 0 aliphatic rings. The molecule has 0 radical (unpaired) electrons. The van der Waals surface area contributed by atoms with Gasteiger partial charge in [0.05, 0.1) is 6.61 Å². The second-order valence-corrected chi connectivity index (χ2v) is 7.36. The molecule has 7 heteroatoms. The van der Waals surface area contributed by atoms with Gasteiger partial charge in [0.1, 0.15) is 23.1 Å². The molecule has 3 aromatic rings. The van der Waals surface area contributed by atoms with Crippen molar-refractivity contribution in [3.05, 3.63) is 89.5 Å². The van der Waals surface area contributed by atoms with E-state index in [2.05, 4.69) is 10.6 Å². The molecular weight excluding hydrogens is 430 g/mol. The van der Waals surface area contributed by atoms with E-state index in [0.717, 1.165) is 5.56 Å². The molecular formula is C27H25N3O4. The first kappa shape index (κ1) is 24.1. The smallest absolute Gasteiger partial charge is 0.266 e. The molecule has 0 spiro atoms. The van der Waals surface area contributed by atoms with Gasteiger partial charge in [-0.25, -0.2) is 0 Å². The Kier molecular flexibility index (Phi) is 8.42. The number of anilines is 2. The van der Waals surface area contributed by atoms with Crippen LogP contribution >= 0.6 is 0 Å². The van der Waals surface area contributed by atoms with Crippen molar-refractivity contribution in [3.8, 4) is 17.6 Å². The average Bonchev–Trinajstić information content (AvgIpc) is 2.84. The summed E-state index contributed by atoms with van der Waals surface area (Å²) >= 11 is 0. The molecule has 3 aromatic carbocycles. The van der Waals surface area contributed by atoms with E-state index in [4.69, 9.17) is 9.47 Å². The molecule has 0 aromatic heterocycles. The van der Waals surface area contributed by atoms with Gasteiger partial charge >= 0.3 is 0 Å². The molecule has 0 saturated heterocycles. The van der Waals surface area contributed by atoms with E-state index in [1.165, 1.54) is 6.08 Å². The summed E-state index contributed by atoms with van der Waals surface area (Å²) < 4.78 is 10.9. The van der Waals surface area contributed by atoms with E-state index >= 15 is 0 Å². The zero-order valence-electron chi connectivity index (χ0n) is 19.0. The Morgan fingerprint density at radius 2 is 1.59 bits per heavy atom. The van der Waals surface area contributed by atoms with Crippen LogP contribution in [0.1, 0.15) is 18.1 Å². The van der Waals surface area contributed by atoms with E-state index in [9.17, 15) is 14.9 Å². The highest BCUT2D eigenvalue weighted by Gasteiger charge is 2.10. The first-order chi connectivity index (χ1) is 16.5. The molecule has 0 aliphatic heterocycles. The fourth-order valence-corrected chi connectivity index (χ4v) is 2.99. The highest BCUT2D eigenvalue weighted by molar-refractivity contribution is 6.09. The number of amides is 2. The van der Waals surface area contributed by atoms with Gasteiger partial charge in [0, 0.05) is 11.4 Å². The molecule has 0 aliphatic carbocycles. The van der Waals surface area contributed by atoms with Crippen LogP contribution in [0.25, 0.3) is 6.08 Å². The molecule has 7 nitrogen and oxygen atoms in total. The fourth-order valence-electron chi connectivity index (χ4n) is 2.99. The zero-order valence-corrected chi connectivity index (χ0v) is 19.0. The number of benzene rings is 3. The van der Waals surface area contributed by atoms with Crippen LogP contribution in [0.5, 0.6) is 11.5 Å². The minimum Gasteiger partial charge on any atom is -0.494 e. The van der Waals surface area contributed by atoms with Crippen molar-refractivity contribution in [1.82, 2.24) is 0 Å². The predicted octanol–water partition coefficient (Wildman–Crippen LogP) is 4.96. The number of ether oxygens (including phenoxy) is 2. The summed E-state index contributed by atoms with van der Waals surface area (Å²) in [7, 11) is 0. The lowest BCUT2D eigenvalue weighted by Crippen LogP contribution is -2.20. The molecule has 0 heterocycles. The molecule has 2 amide bonds. The van der Waals surface area contributed by atoms with Gasteiger partial charge in [0.25, 0.3) is 11.8 Å². The highest BCUT2D eigenvalue weighted by Crippen LogP contribution is 2.19. The van der Waals surface area contributed by atoms with Crippen LogP contribution in [0.2, 0.25) is 0 Å². The fraction of sp³-hybridized carbons (Fsp3) is 0.148. The Labute approximate surface area is 198 Å². The van der Waals surface area contributed by atoms with Crippen LogP contribution in [0.4, 0.5) is 11.4 Å². The van der Waals surface area contributed by atoms with Gasteiger partial charge in [0.2, 0.25) is 0 Å². The molecule has 0 bridgehead atoms. The Bertz CT molecular complexity index is 1210. The number of carbonyl (C=O) groups excluding carboxylic acids is 2. The number of aryl methyl sites for hydroxylation is 1. The number of hydrogen-bond donors (Lipinski definition) is 2. The van der Waals surface area contributed by atoms with Crippen molar-refractivity contribution in [1.29, 1.82) is 5.26 Å². The molecule has 0 fully saturated rings. The van der Waals surface area contributed by atoms with Crippen LogP contribution in [0.15, 0.2) is 78.4 Å². The minimum absolute atomic E-state index is 0.0665. The Morgan fingerprint density at radius 1 is 0.912 bits per heavy atom. The van der Waals surface area contributed by atoms with Gasteiger partial charge in [0.15, 0.2) is 6.61 Å². The second kappa shape index (κ2) is 11.9. The van der Waals surface area contributed by atoms with E-state index < -0.39 is 5.91 Å². The van der Waals surface area contributed by atoms with Crippen molar-refractivity contribution in [2.75, 3.05) is 23.8 Å². The van der Waals surface area contributed by atoms with E-state index in [-0.39, 0.29) is 18.1 Å². The number of hydrogen-bond acceptors (Lipinski definition) is 5. The van der Waals surface area contributed by atoms with Crippen molar-refractivity contribution in [2.45, 2.75) is 13.8 Å². The zero-order chi connectivity index (χ0) is 24.3. The van der Waals surface area contributed by atoms with Gasteiger partial charge in [-0.1, -0.05) is 29.8 Å². The molecule has 172 valence electrons. The number of nitrogens with zero attached hydrogens (tertiary/aromatic N) is 1.